The first-order valence-electron chi connectivity index (χ1n) is 9.00. The Labute approximate surface area is 169 Å². The maximum absolute atomic E-state index is 12.7. The second-order valence-corrected chi connectivity index (χ2v) is 7.78. The summed E-state index contributed by atoms with van der Waals surface area (Å²) in [5, 5.41) is 4.22. The van der Waals surface area contributed by atoms with Gasteiger partial charge in [0.2, 0.25) is 5.91 Å². The van der Waals surface area contributed by atoms with Crippen LogP contribution in [0.15, 0.2) is 42.5 Å². The van der Waals surface area contributed by atoms with E-state index in [0.29, 0.717) is 34.4 Å². The number of likely N-dealkylation sites (tertiary alicyclic amines) is 1. The number of benzene rings is 2. The first kappa shape index (κ1) is 19.9. The van der Waals surface area contributed by atoms with Gasteiger partial charge in [-0.2, -0.15) is 0 Å². The Bertz CT molecular complexity index is 854. The highest BCUT2D eigenvalue weighted by molar-refractivity contribution is 6.35. The number of hydrogen-bond acceptors (Lipinski definition) is 3. The molecule has 1 fully saturated rings. The Morgan fingerprint density at radius 1 is 1.19 bits per heavy atom. The van der Waals surface area contributed by atoms with Crippen LogP contribution in [0, 0.1) is 5.92 Å². The number of anilines is 1. The van der Waals surface area contributed by atoms with Gasteiger partial charge < -0.3 is 5.32 Å². The van der Waals surface area contributed by atoms with Crippen molar-refractivity contribution in [2.75, 3.05) is 18.4 Å². The van der Waals surface area contributed by atoms with E-state index in [-0.39, 0.29) is 17.6 Å². The molecule has 1 aliphatic rings. The van der Waals surface area contributed by atoms with Gasteiger partial charge in [0.1, 0.15) is 0 Å². The molecule has 142 valence electrons. The summed E-state index contributed by atoms with van der Waals surface area (Å²) in [6.07, 6.45) is 1.81. The normalized spacial score (nSPS) is 17.5. The van der Waals surface area contributed by atoms with Gasteiger partial charge >= 0.3 is 0 Å². The van der Waals surface area contributed by atoms with Crippen LogP contribution in [-0.4, -0.2) is 29.7 Å². The maximum atomic E-state index is 12.7. The van der Waals surface area contributed by atoms with Crippen LogP contribution in [0.4, 0.5) is 5.69 Å². The van der Waals surface area contributed by atoms with Crippen LogP contribution in [0.1, 0.15) is 35.7 Å². The van der Waals surface area contributed by atoms with Gasteiger partial charge in [-0.25, -0.2) is 0 Å². The van der Waals surface area contributed by atoms with E-state index in [1.54, 1.807) is 30.3 Å². The predicted molar refractivity (Wildman–Crippen MR) is 110 cm³/mol. The molecule has 27 heavy (non-hydrogen) atoms. The summed E-state index contributed by atoms with van der Waals surface area (Å²) in [5.41, 5.74) is 2.26. The Morgan fingerprint density at radius 2 is 2.00 bits per heavy atom. The Hall–Kier alpha value is -1.88. The van der Waals surface area contributed by atoms with Gasteiger partial charge in [0.15, 0.2) is 5.78 Å². The van der Waals surface area contributed by atoms with Crippen LogP contribution in [0.25, 0.3) is 0 Å². The standard InChI is InChI=1S/C21H22Cl2N2O2/c1-14(26)15-4-2-6-19(10-15)24-21(27)17-5-3-9-25(13-17)12-16-7-8-18(22)11-20(16)23/h2,4,6-8,10-11,17H,3,5,9,12-13H2,1H3,(H,24,27). The molecule has 0 saturated carbocycles. The molecule has 1 atom stereocenters. The van der Waals surface area contributed by atoms with Crippen molar-refractivity contribution < 1.29 is 9.59 Å². The van der Waals surface area contributed by atoms with Crippen molar-refractivity contribution >= 4 is 40.6 Å². The highest BCUT2D eigenvalue weighted by atomic mass is 35.5. The van der Waals surface area contributed by atoms with E-state index in [1.165, 1.54) is 6.92 Å². The van der Waals surface area contributed by atoms with Crippen LogP contribution in [0.3, 0.4) is 0 Å². The van der Waals surface area contributed by atoms with Gasteiger partial charge in [-0.1, -0.05) is 41.4 Å². The first-order valence-corrected chi connectivity index (χ1v) is 9.76. The molecule has 1 N–H and O–H groups in total. The Balaban J connectivity index is 1.62. The molecule has 0 bridgehead atoms. The quantitative estimate of drug-likeness (QED) is 0.709. The van der Waals surface area contributed by atoms with Crippen molar-refractivity contribution in [2.24, 2.45) is 5.92 Å². The summed E-state index contributed by atoms with van der Waals surface area (Å²) in [7, 11) is 0. The van der Waals surface area contributed by atoms with Gasteiger partial charge in [-0.3, -0.25) is 14.5 Å². The number of hydrogen-bond donors (Lipinski definition) is 1. The van der Waals surface area contributed by atoms with Gasteiger partial charge in [-0.15, -0.1) is 0 Å². The van der Waals surface area contributed by atoms with Crippen LogP contribution in [0.5, 0.6) is 0 Å². The molecule has 6 heteroatoms. The highest BCUT2D eigenvalue weighted by Crippen LogP contribution is 2.25. The van der Waals surface area contributed by atoms with E-state index in [9.17, 15) is 9.59 Å². The number of rotatable bonds is 5. The summed E-state index contributed by atoms with van der Waals surface area (Å²) < 4.78 is 0. The second-order valence-electron chi connectivity index (χ2n) is 6.94. The number of carbonyl (C=O) groups is 2. The third-order valence-corrected chi connectivity index (χ3v) is 5.41. The third-order valence-electron chi connectivity index (χ3n) is 4.82. The van der Waals surface area contributed by atoms with E-state index in [0.717, 1.165) is 24.9 Å². The van der Waals surface area contributed by atoms with E-state index in [1.807, 2.05) is 12.1 Å². The largest absolute Gasteiger partial charge is 0.326 e. The average molecular weight is 405 g/mol. The molecule has 4 nitrogen and oxygen atoms in total. The zero-order valence-electron chi connectivity index (χ0n) is 15.2. The molecule has 0 spiro atoms. The van der Waals surface area contributed by atoms with Crippen molar-refractivity contribution in [3.8, 4) is 0 Å². The zero-order valence-corrected chi connectivity index (χ0v) is 16.7. The topological polar surface area (TPSA) is 49.4 Å². The highest BCUT2D eigenvalue weighted by Gasteiger charge is 2.26. The molecule has 2 aromatic rings. The molecule has 1 unspecified atom stereocenters. The fourth-order valence-corrected chi connectivity index (χ4v) is 3.83. The van der Waals surface area contributed by atoms with Crippen molar-refractivity contribution in [1.29, 1.82) is 0 Å². The molecule has 0 aliphatic carbocycles. The lowest BCUT2D eigenvalue weighted by Gasteiger charge is -2.32. The van der Waals surface area contributed by atoms with E-state index in [4.69, 9.17) is 23.2 Å². The number of nitrogens with zero attached hydrogens (tertiary/aromatic N) is 1. The molecule has 1 heterocycles. The number of nitrogens with one attached hydrogen (secondary N) is 1. The third kappa shape index (κ3) is 5.32. The first-order chi connectivity index (χ1) is 12.9. The van der Waals surface area contributed by atoms with Crippen LogP contribution in [0.2, 0.25) is 10.0 Å². The summed E-state index contributed by atoms with van der Waals surface area (Å²) in [5.74, 6) is -0.122. The number of ketones is 1. The lowest BCUT2D eigenvalue weighted by atomic mass is 9.96. The van der Waals surface area contributed by atoms with Gasteiger partial charge in [0.05, 0.1) is 5.92 Å². The van der Waals surface area contributed by atoms with Crippen molar-refractivity contribution in [3.63, 3.8) is 0 Å². The minimum Gasteiger partial charge on any atom is -0.326 e. The monoisotopic (exact) mass is 404 g/mol. The van der Waals surface area contributed by atoms with E-state index >= 15 is 0 Å². The molecule has 1 amide bonds. The number of halogens is 2. The fraction of sp³-hybridized carbons (Fsp3) is 0.333. The van der Waals surface area contributed by atoms with Crippen LogP contribution >= 0.6 is 23.2 Å². The van der Waals surface area contributed by atoms with Crippen molar-refractivity contribution in [2.45, 2.75) is 26.3 Å². The summed E-state index contributed by atoms with van der Waals surface area (Å²) in [6.45, 7) is 3.82. The summed E-state index contributed by atoms with van der Waals surface area (Å²) in [4.78, 5) is 26.4. The van der Waals surface area contributed by atoms with E-state index < -0.39 is 0 Å². The van der Waals surface area contributed by atoms with Crippen molar-refractivity contribution in [3.05, 3.63) is 63.6 Å². The lowest BCUT2D eigenvalue weighted by molar-refractivity contribution is -0.121. The lowest BCUT2D eigenvalue weighted by Crippen LogP contribution is -2.40. The summed E-state index contributed by atoms with van der Waals surface area (Å²) in [6, 6.07) is 12.6. The number of Topliss-reactive ketones (excluding diaryl/α,β-unsaturated/α-hetero) is 1. The van der Waals surface area contributed by atoms with Gasteiger partial charge in [-0.05, 0) is 56.1 Å². The predicted octanol–water partition coefficient (Wildman–Crippen LogP) is 5.05. The summed E-state index contributed by atoms with van der Waals surface area (Å²) >= 11 is 12.2. The minimum absolute atomic E-state index is 0.0115. The van der Waals surface area contributed by atoms with Crippen molar-refractivity contribution in [1.82, 2.24) is 4.90 Å². The molecular formula is C21H22Cl2N2O2. The fourth-order valence-electron chi connectivity index (χ4n) is 3.36. The maximum Gasteiger partial charge on any atom is 0.228 e. The smallest absolute Gasteiger partial charge is 0.228 e. The Morgan fingerprint density at radius 3 is 2.74 bits per heavy atom. The number of amides is 1. The Kier molecular flexibility index (Phi) is 6.53. The van der Waals surface area contributed by atoms with Gasteiger partial charge in [0.25, 0.3) is 0 Å². The molecule has 2 aromatic carbocycles. The zero-order chi connectivity index (χ0) is 19.4. The van der Waals surface area contributed by atoms with E-state index in [2.05, 4.69) is 10.2 Å². The van der Waals surface area contributed by atoms with Crippen LogP contribution in [-0.2, 0) is 11.3 Å². The molecule has 0 aromatic heterocycles. The van der Waals surface area contributed by atoms with Gasteiger partial charge in [0, 0.05) is 34.4 Å². The SMILES string of the molecule is CC(=O)c1cccc(NC(=O)C2CCCN(Cc3ccc(Cl)cc3Cl)C2)c1. The molecule has 0 radical (unpaired) electrons. The van der Waals surface area contributed by atoms with Crippen LogP contribution < -0.4 is 5.32 Å². The molecular weight excluding hydrogens is 383 g/mol. The number of carbonyl (C=O) groups excluding carboxylic acids is 2. The second kappa shape index (κ2) is 8.87. The number of piperidine rings is 1. The molecule has 3 rings (SSSR count). The molecule has 1 aliphatic heterocycles. The minimum atomic E-state index is -0.0918. The average Bonchev–Trinajstić information content (AvgIpc) is 2.64. The molecule has 1 saturated heterocycles.